The molecule has 0 aliphatic rings. The molecule has 4 rings (SSSR count). The Labute approximate surface area is 161 Å². The van der Waals surface area contributed by atoms with E-state index < -0.39 is 4.92 Å². The zero-order valence-corrected chi connectivity index (χ0v) is 15.5. The first-order valence-electron chi connectivity index (χ1n) is 7.77. The Morgan fingerprint density at radius 3 is 2.93 bits per heavy atom. The molecule has 8 nitrogen and oxygen atoms in total. The molecule has 4 aromatic rings. The van der Waals surface area contributed by atoms with Crippen LogP contribution in [0.25, 0.3) is 21.5 Å². The summed E-state index contributed by atoms with van der Waals surface area (Å²) in [4.78, 5) is 14.8. The van der Waals surface area contributed by atoms with E-state index in [0.29, 0.717) is 20.9 Å². The number of aromatic amines is 1. The molecule has 134 valence electrons. The number of halogens is 1. The lowest BCUT2D eigenvalue weighted by molar-refractivity contribution is -0.384. The van der Waals surface area contributed by atoms with Crippen molar-refractivity contribution in [2.24, 2.45) is 4.99 Å². The third-order valence-corrected chi connectivity index (χ3v) is 4.96. The van der Waals surface area contributed by atoms with Gasteiger partial charge < -0.3 is 0 Å². The number of aromatic nitrogens is 4. The molecule has 2 aromatic heterocycles. The van der Waals surface area contributed by atoms with Crippen molar-refractivity contribution in [2.75, 3.05) is 0 Å². The lowest BCUT2D eigenvalue weighted by Gasteiger charge is -1.97. The highest BCUT2D eigenvalue weighted by molar-refractivity contribution is 7.18. The van der Waals surface area contributed by atoms with Gasteiger partial charge in [-0.3, -0.25) is 15.2 Å². The van der Waals surface area contributed by atoms with Gasteiger partial charge in [0.1, 0.15) is 10.2 Å². The summed E-state index contributed by atoms with van der Waals surface area (Å²) in [6.07, 6.45) is 1.54. The van der Waals surface area contributed by atoms with Gasteiger partial charge in [0, 0.05) is 29.3 Å². The van der Waals surface area contributed by atoms with Crippen molar-refractivity contribution in [1.82, 2.24) is 20.4 Å². The minimum atomic E-state index is -0.426. The van der Waals surface area contributed by atoms with Crippen LogP contribution in [-0.2, 0) is 0 Å². The first kappa shape index (κ1) is 17.3. The van der Waals surface area contributed by atoms with E-state index in [0.717, 1.165) is 22.0 Å². The van der Waals surface area contributed by atoms with E-state index in [1.54, 1.807) is 13.1 Å². The van der Waals surface area contributed by atoms with E-state index in [4.69, 9.17) is 11.6 Å². The summed E-state index contributed by atoms with van der Waals surface area (Å²) in [5.41, 5.74) is 3.04. The Kier molecular flexibility index (Phi) is 4.38. The highest BCUT2D eigenvalue weighted by atomic mass is 35.5. The van der Waals surface area contributed by atoms with E-state index in [-0.39, 0.29) is 5.69 Å². The molecule has 0 aliphatic carbocycles. The maximum Gasteiger partial charge on any atom is 0.270 e. The molecule has 0 saturated heterocycles. The summed E-state index contributed by atoms with van der Waals surface area (Å²) in [6, 6.07) is 10.4. The van der Waals surface area contributed by atoms with Gasteiger partial charge in [0.15, 0.2) is 0 Å². The van der Waals surface area contributed by atoms with Gasteiger partial charge in [-0.25, -0.2) is 4.99 Å². The number of rotatable bonds is 4. The van der Waals surface area contributed by atoms with Gasteiger partial charge in [-0.1, -0.05) is 29.0 Å². The number of hydrogen-bond donors (Lipinski definition) is 1. The summed E-state index contributed by atoms with van der Waals surface area (Å²) in [6.45, 7) is 1.80. The SMILES string of the molecule is Cc1cc(/C=N/c2nnc(-c3ccc4c(Cl)[nH]nc4c3)s2)cc([N+](=O)[O-])c1. The van der Waals surface area contributed by atoms with E-state index in [1.807, 2.05) is 24.3 Å². The number of H-pyrrole nitrogens is 1. The molecule has 0 amide bonds. The number of nitro benzene ring substituents is 1. The average molecular weight is 399 g/mol. The maximum atomic E-state index is 11.0. The van der Waals surface area contributed by atoms with E-state index in [9.17, 15) is 10.1 Å². The monoisotopic (exact) mass is 398 g/mol. The van der Waals surface area contributed by atoms with Crippen LogP contribution in [0.4, 0.5) is 10.8 Å². The van der Waals surface area contributed by atoms with Gasteiger partial charge in [0.2, 0.25) is 5.13 Å². The van der Waals surface area contributed by atoms with Crippen LogP contribution in [0.3, 0.4) is 0 Å². The number of benzene rings is 2. The number of hydrogen-bond acceptors (Lipinski definition) is 7. The molecule has 0 unspecified atom stereocenters. The third-order valence-electron chi connectivity index (χ3n) is 3.79. The van der Waals surface area contributed by atoms with Crippen molar-refractivity contribution in [3.05, 3.63) is 62.8 Å². The largest absolute Gasteiger partial charge is 0.270 e. The van der Waals surface area contributed by atoms with Crippen molar-refractivity contribution in [3.63, 3.8) is 0 Å². The molecule has 2 heterocycles. The predicted molar refractivity (Wildman–Crippen MR) is 105 cm³/mol. The molecule has 0 radical (unpaired) electrons. The maximum absolute atomic E-state index is 11.0. The zero-order valence-electron chi connectivity index (χ0n) is 13.9. The average Bonchev–Trinajstić information content (AvgIpc) is 3.26. The predicted octanol–water partition coefficient (Wildman–Crippen LogP) is 4.70. The summed E-state index contributed by atoms with van der Waals surface area (Å²) in [5, 5.41) is 28.5. The van der Waals surface area contributed by atoms with E-state index >= 15 is 0 Å². The molecular formula is C17H11ClN6O2S. The van der Waals surface area contributed by atoms with Gasteiger partial charge in [0.05, 0.1) is 10.4 Å². The first-order valence-corrected chi connectivity index (χ1v) is 8.97. The number of nitro groups is 1. The summed E-state index contributed by atoms with van der Waals surface area (Å²) >= 11 is 7.32. The number of aliphatic imine (C=N–C) groups is 1. The van der Waals surface area contributed by atoms with Crippen molar-refractivity contribution in [1.29, 1.82) is 0 Å². The van der Waals surface area contributed by atoms with E-state index in [1.165, 1.54) is 23.5 Å². The van der Waals surface area contributed by atoms with Crippen LogP contribution >= 0.6 is 22.9 Å². The molecule has 10 heteroatoms. The summed E-state index contributed by atoms with van der Waals surface area (Å²) < 4.78 is 0. The first-order chi connectivity index (χ1) is 13.0. The van der Waals surface area contributed by atoms with Crippen LogP contribution in [0.5, 0.6) is 0 Å². The zero-order chi connectivity index (χ0) is 19.0. The summed E-state index contributed by atoms with van der Waals surface area (Å²) in [5.74, 6) is 0. The second kappa shape index (κ2) is 6.86. The van der Waals surface area contributed by atoms with Crippen LogP contribution in [0.15, 0.2) is 41.4 Å². The minimum absolute atomic E-state index is 0.0281. The third kappa shape index (κ3) is 3.55. The molecular weight excluding hydrogens is 388 g/mol. The summed E-state index contributed by atoms with van der Waals surface area (Å²) in [7, 11) is 0. The van der Waals surface area contributed by atoms with Gasteiger partial charge >= 0.3 is 0 Å². The number of aryl methyl sites for hydroxylation is 1. The fraction of sp³-hybridized carbons (Fsp3) is 0.0588. The Morgan fingerprint density at radius 2 is 2.11 bits per heavy atom. The number of non-ortho nitro benzene ring substituents is 1. The number of fused-ring (bicyclic) bond motifs is 1. The molecule has 27 heavy (non-hydrogen) atoms. The standard InChI is InChI=1S/C17H11ClN6O2S/c1-9-4-10(6-12(5-9)24(25)26)8-19-17-23-22-16(27-17)11-2-3-13-14(7-11)20-21-15(13)18/h2-8H,1H3,(H,20,21)/b19-8+. The van der Waals surface area contributed by atoms with Gasteiger partial charge in [-0.15, -0.1) is 10.2 Å². The topological polar surface area (TPSA) is 110 Å². The normalized spacial score (nSPS) is 11.5. The Morgan fingerprint density at radius 1 is 1.26 bits per heavy atom. The number of nitrogens with zero attached hydrogens (tertiary/aromatic N) is 5. The van der Waals surface area contributed by atoms with Crippen molar-refractivity contribution >= 4 is 50.9 Å². The highest BCUT2D eigenvalue weighted by Crippen LogP contribution is 2.31. The second-order valence-electron chi connectivity index (χ2n) is 5.78. The van der Waals surface area contributed by atoms with Crippen molar-refractivity contribution < 1.29 is 4.92 Å². The van der Waals surface area contributed by atoms with Crippen molar-refractivity contribution in [2.45, 2.75) is 6.92 Å². The molecule has 0 fully saturated rings. The van der Waals surface area contributed by atoms with Crippen LogP contribution in [0.2, 0.25) is 5.15 Å². The fourth-order valence-corrected chi connectivity index (χ4v) is 3.49. The van der Waals surface area contributed by atoms with Gasteiger partial charge in [0.25, 0.3) is 5.69 Å². The fourth-order valence-electron chi connectivity index (χ4n) is 2.60. The second-order valence-corrected chi connectivity index (χ2v) is 7.11. The molecule has 1 N–H and O–H groups in total. The lowest BCUT2D eigenvalue weighted by Crippen LogP contribution is -1.91. The number of nitrogens with one attached hydrogen (secondary N) is 1. The highest BCUT2D eigenvalue weighted by Gasteiger charge is 2.10. The Balaban J connectivity index is 1.60. The smallest absolute Gasteiger partial charge is 0.266 e. The molecule has 0 bridgehead atoms. The quantitative estimate of drug-likeness (QED) is 0.304. The van der Waals surface area contributed by atoms with E-state index in [2.05, 4.69) is 25.4 Å². The molecule has 2 aromatic carbocycles. The Bertz CT molecular complexity index is 1200. The Hall–Kier alpha value is -3.17. The molecule has 0 spiro atoms. The van der Waals surface area contributed by atoms with Crippen molar-refractivity contribution in [3.8, 4) is 10.6 Å². The van der Waals surface area contributed by atoms with Crippen LogP contribution in [-0.4, -0.2) is 31.5 Å². The van der Waals surface area contributed by atoms with Crippen LogP contribution in [0.1, 0.15) is 11.1 Å². The molecule has 0 atom stereocenters. The molecule has 0 saturated carbocycles. The lowest BCUT2D eigenvalue weighted by atomic mass is 10.1. The van der Waals surface area contributed by atoms with Crippen LogP contribution < -0.4 is 0 Å². The van der Waals surface area contributed by atoms with Gasteiger partial charge in [-0.2, -0.15) is 5.10 Å². The minimum Gasteiger partial charge on any atom is -0.266 e. The van der Waals surface area contributed by atoms with Crippen LogP contribution in [0, 0.1) is 17.0 Å². The molecule has 0 aliphatic heterocycles. The van der Waals surface area contributed by atoms with Gasteiger partial charge in [-0.05, 0) is 36.2 Å².